The van der Waals surface area contributed by atoms with Crippen molar-refractivity contribution in [1.29, 1.82) is 0 Å². The SMILES string of the molecule is CC(C)(C)OC(=O)NCC1CN(C2=CCCCC2)c2ccnn2C1. The standard InChI is InChI=1S/C18H28N4O2/c1-18(2,3)24-17(23)19-11-14-12-21(15-7-5-4-6-8-15)16-9-10-20-22(16)13-14/h7,9-10,14H,4-6,8,11-13H2,1-3H3,(H,19,23). The van der Waals surface area contributed by atoms with Gasteiger partial charge in [-0.2, -0.15) is 5.10 Å². The molecule has 1 aromatic rings. The summed E-state index contributed by atoms with van der Waals surface area (Å²) in [6, 6.07) is 2.08. The lowest BCUT2D eigenvalue weighted by molar-refractivity contribution is 0.0517. The van der Waals surface area contributed by atoms with Crippen LogP contribution in [0.2, 0.25) is 0 Å². The molecule has 0 saturated heterocycles. The second-order valence-electron chi connectivity index (χ2n) is 7.67. The lowest BCUT2D eigenvalue weighted by Crippen LogP contribution is -2.44. The maximum atomic E-state index is 11.9. The summed E-state index contributed by atoms with van der Waals surface area (Å²) in [4.78, 5) is 14.3. The average Bonchev–Trinajstić information content (AvgIpc) is 3.00. The molecule has 1 unspecified atom stereocenters. The van der Waals surface area contributed by atoms with Crippen LogP contribution < -0.4 is 10.2 Å². The molecule has 1 aromatic heterocycles. The summed E-state index contributed by atoms with van der Waals surface area (Å²) in [7, 11) is 0. The maximum absolute atomic E-state index is 11.9. The van der Waals surface area contributed by atoms with Gasteiger partial charge in [0.2, 0.25) is 0 Å². The molecule has 132 valence electrons. The lowest BCUT2D eigenvalue weighted by atomic mass is 10.0. The molecule has 1 atom stereocenters. The minimum atomic E-state index is -0.468. The Morgan fingerprint density at radius 2 is 2.21 bits per heavy atom. The first-order valence-electron chi connectivity index (χ1n) is 8.87. The van der Waals surface area contributed by atoms with E-state index in [4.69, 9.17) is 4.74 Å². The highest BCUT2D eigenvalue weighted by atomic mass is 16.6. The number of amides is 1. The number of aromatic nitrogens is 2. The molecule has 2 heterocycles. The summed E-state index contributed by atoms with van der Waals surface area (Å²) >= 11 is 0. The first-order valence-corrected chi connectivity index (χ1v) is 8.87. The summed E-state index contributed by atoms with van der Waals surface area (Å²) in [6.07, 6.45) is 8.66. The first-order chi connectivity index (χ1) is 11.4. The molecule has 0 saturated carbocycles. The summed E-state index contributed by atoms with van der Waals surface area (Å²) in [5.41, 5.74) is 0.926. The van der Waals surface area contributed by atoms with Crippen LogP contribution in [0, 0.1) is 5.92 Å². The minimum Gasteiger partial charge on any atom is -0.444 e. The number of ether oxygens (including phenoxy) is 1. The maximum Gasteiger partial charge on any atom is 0.407 e. The average molecular weight is 332 g/mol. The van der Waals surface area contributed by atoms with Crippen molar-refractivity contribution < 1.29 is 9.53 Å². The van der Waals surface area contributed by atoms with Crippen LogP contribution in [0.1, 0.15) is 46.5 Å². The number of carbonyl (C=O) groups excluding carboxylic acids is 1. The fourth-order valence-corrected chi connectivity index (χ4v) is 3.35. The molecule has 24 heavy (non-hydrogen) atoms. The van der Waals surface area contributed by atoms with Gasteiger partial charge in [0.15, 0.2) is 0 Å². The van der Waals surface area contributed by atoms with Gasteiger partial charge >= 0.3 is 6.09 Å². The van der Waals surface area contributed by atoms with E-state index in [1.807, 2.05) is 31.6 Å². The van der Waals surface area contributed by atoms with Crippen LogP contribution in [0.15, 0.2) is 24.0 Å². The van der Waals surface area contributed by atoms with E-state index in [1.54, 1.807) is 0 Å². The number of nitrogens with one attached hydrogen (secondary N) is 1. The third-order valence-electron chi connectivity index (χ3n) is 4.39. The van der Waals surface area contributed by atoms with Crippen LogP contribution in [-0.2, 0) is 11.3 Å². The smallest absolute Gasteiger partial charge is 0.407 e. The normalized spacial score (nSPS) is 21.0. The van der Waals surface area contributed by atoms with Gasteiger partial charge in [-0.1, -0.05) is 6.08 Å². The number of hydrogen-bond donors (Lipinski definition) is 1. The highest BCUT2D eigenvalue weighted by Gasteiger charge is 2.28. The first kappa shape index (κ1) is 16.9. The van der Waals surface area contributed by atoms with Crippen LogP contribution in [-0.4, -0.2) is 34.6 Å². The van der Waals surface area contributed by atoms with Gasteiger partial charge in [-0.25, -0.2) is 9.48 Å². The Labute approximate surface area is 143 Å². The molecule has 1 aliphatic carbocycles. The number of allylic oxidation sites excluding steroid dienone is 2. The van der Waals surface area contributed by atoms with Crippen molar-refractivity contribution >= 4 is 11.9 Å². The molecular formula is C18H28N4O2. The quantitative estimate of drug-likeness (QED) is 0.922. The third-order valence-corrected chi connectivity index (χ3v) is 4.39. The Morgan fingerprint density at radius 1 is 1.38 bits per heavy atom. The summed E-state index contributed by atoms with van der Waals surface area (Å²) in [6.45, 7) is 7.95. The van der Waals surface area contributed by atoms with Crippen LogP contribution in [0.25, 0.3) is 0 Å². The molecule has 1 amide bonds. The third kappa shape index (κ3) is 4.10. The van der Waals surface area contributed by atoms with Crippen molar-refractivity contribution in [3.8, 4) is 0 Å². The highest BCUT2D eigenvalue weighted by molar-refractivity contribution is 5.67. The highest BCUT2D eigenvalue weighted by Crippen LogP contribution is 2.30. The topological polar surface area (TPSA) is 59.4 Å². The summed E-state index contributed by atoms with van der Waals surface area (Å²) in [5, 5.41) is 7.35. The van der Waals surface area contributed by atoms with Crippen molar-refractivity contribution in [3.63, 3.8) is 0 Å². The second-order valence-corrected chi connectivity index (χ2v) is 7.67. The molecule has 0 aromatic carbocycles. The predicted molar refractivity (Wildman–Crippen MR) is 93.9 cm³/mol. The Morgan fingerprint density at radius 3 is 2.92 bits per heavy atom. The molecule has 3 rings (SSSR count). The Bertz CT molecular complexity index is 615. The lowest BCUT2D eigenvalue weighted by Gasteiger charge is -2.37. The van der Waals surface area contributed by atoms with Crippen molar-refractivity contribution in [3.05, 3.63) is 24.0 Å². The Hall–Kier alpha value is -1.98. The Balaban J connectivity index is 1.64. The number of carbonyl (C=O) groups is 1. The number of rotatable bonds is 3. The number of hydrogen-bond acceptors (Lipinski definition) is 4. The molecule has 1 N–H and O–H groups in total. The van der Waals surface area contributed by atoms with E-state index in [9.17, 15) is 4.79 Å². The monoisotopic (exact) mass is 332 g/mol. The van der Waals surface area contributed by atoms with Gasteiger partial charge < -0.3 is 15.0 Å². The number of alkyl carbamates (subject to hydrolysis) is 1. The van der Waals surface area contributed by atoms with Gasteiger partial charge in [-0.3, -0.25) is 0 Å². The number of nitrogens with zero attached hydrogens (tertiary/aromatic N) is 3. The minimum absolute atomic E-state index is 0.313. The fourth-order valence-electron chi connectivity index (χ4n) is 3.35. The van der Waals surface area contributed by atoms with E-state index < -0.39 is 5.60 Å². The van der Waals surface area contributed by atoms with E-state index in [2.05, 4.69) is 27.5 Å². The molecule has 0 bridgehead atoms. The van der Waals surface area contributed by atoms with Gasteiger partial charge in [0, 0.05) is 37.3 Å². The Kier molecular flexibility index (Phi) is 4.83. The molecule has 0 fully saturated rings. The van der Waals surface area contributed by atoms with Gasteiger partial charge in [0.1, 0.15) is 11.4 Å². The zero-order chi connectivity index (χ0) is 17.2. The van der Waals surface area contributed by atoms with E-state index in [-0.39, 0.29) is 6.09 Å². The number of anilines is 1. The van der Waals surface area contributed by atoms with Crippen LogP contribution >= 0.6 is 0 Å². The van der Waals surface area contributed by atoms with Gasteiger partial charge in [0.05, 0.1) is 6.20 Å². The van der Waals surface area contributed by atoms with Crippen LogP contribution in [0.3, 0.4) is 0 Å². The van der Waals surface area contributed by atoms with Gasteiger partial charge in [-0.15, -0.1) is 0 Å². The van der Waals surface area contributed by atoms with E-state index in [0.717, 1.165) is 31.7 Å². The summed E-state index contributed by atoms with van der Waals surface area (Å²) < 4.78 is 7.37. The number of fused-ring (bicyclic) bond motifs is 1. The van der Waals surface area contributed by atoms with E-state index in [0.29, 0.717) is 12.5 Å². The van der Waals surface area contributed by atoms with Crippen molar-refractivity contribution in [2.45, 2.75) is 58.6 Å². The van der Waals surface area contributed by atoms with Crippen molar-refractivity contribution in [1.82, 2.24) is 15.1 Å². The molecule has 0 spiro atoms. The zero-order valence-corrected chi connectivity index (χ0v) is 14.9. The van der Waals surface area contributed by atoms with Gasteiger partial charge in [-0.05, 0) is 46.5 Å². The van der Waals surface area contributed by atoms with Crippen LogP contribution in [0.4, 0.5) is 10.6 Å². The van der Waals surface area contributed by atoms with E-state index in [1.165, 1.54) is 18.5 Å². The largest absolute Gasteiger partial charge is 0.444 e. The van der Waals surface area contributed by atoms with E-state index >= 15 is 0 Å². The predicted octanol–water partition coefficient (Wildman–Crippen LogP) is 3.30. The molecule has 0 radical (unpaired) electrons. The fraction of sp³-hybridized carbons (Fsp3) is 0.667. The molecule has 6 nitrogen and oxygen atoms in total. The van der Waals surface area contributed by atoms with Crippen LogP contribution in [0.5, 0.6) is 0 Å². The van der Waals surface area contributed by atoms with Crippen molar-refractivity contribution in [2.24, 2.45) is 5.92 Å². The zero-order valence-electron chi connectivity index (χ0n) is 14.9. The van der Waals surface area contributed by atoms with Gasteiger partial charge in [0.25, 0.3) is 0 Å². The summed E-state index contributed by atoms with van der Waals surface area (Å²) in [5.74, 6) is 1.48. The molecule has 6 heteroatoms. The van der Waals surface area contributed by atoms with Crippen molar-refractivity contribution in [2.75, 3.05) is 18.0 Å². The molecular weight excluding hydrogens is 304 g/mol. The second kappa shape index (κ2) is 6.87. The molecule has 2 aliphatic rings. The molecule has 1 aliphatic heterocycles.